The molecule has 10 aromatic carbocycles. The molecule has 0 aliphatic carbocycles. The summed E-state index contributed by atoms with van der Waals surface area (Å²) in [6.45, 7) is 14.9. The SMILES string of the molecule is CCOc1ccccc1N(c1ccc(-c2cc(-c3ccc(N(c4ccccc4OCC)c4ccccc4OCC)cc3)cc(-c3ccc(N(c4ccccc4OCC)c4ccccc4OCC)cc3)c2)cc1)c1cccc(C)c1. The van der Waals surface area contributed by atoms with Gasteiger partial charge in [-0.05, 0) is 208 Å². The minimum atomic E-state index is 0.538. The van der Waals surface area contributed by atoms with E-state index < -0.39 is 0 Å². The van der Waals surface area contributed by atoms with Gasteiger partial charge in [0.25, 0.3) is 0 Å². The lowest BCUT2D eigenvalue weighted by Crippen LogP contribution is -2.13. The van der Waals surface area contributed by atoms with Crippen molar-refractivity contribution in [2.24, 2.45) is 0 Å². The number of nitrogens with zero attached hydrogens (tertiary/aromatic N) is 3. The van der Waals surface area contributed by atoms with Crippen LogP contribution in [-0.4, -0.2) is 33.0 Å². The maximum atomic E-state index is 6.24. The summed E-state index contributed by atoms with van der Waals surface area (Å²) in [5, 5.41) is 0. The molecule has 0 fully saturated rings. The summed E-state index contributed by atoms with van der Waals surface area (Å²) in [5.74, 6) is 3.97. The summed E-state index contributed by atoms with van der Waals surface area (Å²) >= 11 is 0. The van der Waals surface area contributed by atoms with Crippen molar-refractivity contribution in [2.75, 3.05) is 47.7 Å². The molecule has 0 aromatic heterocycles. The Labute approximate surface area is 466 Å². The lowest BCUT2D eigenvalue weighted by atomic mass is 9.93. The van der Waals surface area contributed by atoms with Gasteiger partial charge in [-0.1, -0.05) is 109 Å². The molecule has 0 aliphatic heterocycles. The average molecular weight is 1040 g/mol. The van der Waals surface area contributed by atoms with Crippen LogP contribution >= 0.6 is 0 Å². The van der Waals surface area contributed by atoms with Gasteiger partial charge in [-0.3, -0.25) is 0 Å². The van der Waals surface area contributed by atoms with E-state index in [1.807, 2.05) is 120 Å². The minimum absolute atomic E-state index is 0.538. The third kappa shape index (κ3) is 11.8. The molecule has 79 heavy (non-hydrogen) atoms. The van der Waals surface area contributed by atoms with Crippen molar-refractivity contribution in [2.45, 2.75) is 41.5 Å². The number of rotatable bonds is 22. The second-order valence-corrected chi connectivity index (χ2v) is 18.8. The Hall–Kier alpha value is -9.40. The maximum Gasteiger partial charge on any atom is 0.143 e. The van der Waals surface area contributed by atoms with E-state index in [0.29, 0.717) is 33.0 Å². The quantitative estimate of drug-likeness (QED) is 0.0666. The topological polar surface area (TPSA) is 55.9 Å². The van der Waals surface area contributed by atoms with Gasteiger partial charge in [-0.2, -0.15) is 0 Å². The standard InChI is InChI=1S/C71H67N3O5/c1-7-75-67-30-17-12-25-62(67)72(61-24-22-23-51(6)47-61)58-41-35-52(36-42-58)55-48-56(53-37-43-59(44-38-53)73(63-26-13-18-31-68(63)76-8-2)64-27-14-19-32-69(64)77-9-3)50-57(49-55)54-39-45-60(46-40-54)74(65-28-15-20-33-70(65)78-10-4)66-29-16-21-34-71(66)79-11-5/h12-50H,7-11H2,1-6H3. The van der Waals surface area contributed by atoms with Crippen LogP contribution in [0.1, 0.15) is 40.2 Å². The van der Waals surface area contributed by atoms with E-state index in [0.717, 1.165) is 113 Å². The summed E-state index contributed by atoms with van der Waals surface area (Å²) in [6, 6.07) is 82.9. The number of benzene rings is 10. The van der Waals surface area contributed by atoms with Crippen LogP contribution in [0.5, 0.6) is 28.7 Å². The molecule has 0 unspecified atom stereocenters. The van der Waals surface area contributed by atoms with E-state index in [2.05, 4.69) is 173 Å². The van der Waals surface area contributed by atoms with E-state index >= 15 is 0 Å². The predicted molar refractivity (Wildman–Crippen MR) is 327 cm³/mol. The number of para-hydroxylation sites is 10. The van der Waals surface area contributed by atoms with Gasteiger partial charge >= 0.3 is 0 Å². The molecule has 396 valence electrons. The molecule has 10 rings (SSSR count). The highest BCUT2D eigenvalue weighted by atomic mass is 16.5. The molecule has 8 heteroatoms. The summed E-state index contributed by atoms with van der Waals surface area (Å²) in [4.78, 5) is 6.72. The fraction of sp³-hybridized carbons (Fsp3) is 0.155. The molecule has 10 aromatic rings. The molecule has 0 saturated carbocycles. The Morgan fingerprint density at radius 1 is 0.241 bits per heavy atom. The van der Waals surface area contributed by atoms with Crippen molar-refractivity contribution in [1.82, 2.24) is 0 Å². The largest absolute Gasteiger partial charge is 0.492 e. The van der Waals surface area contributed by atoms with E-state index in [1.54, 1.807) is 0 Å². The van der Waals surface area contributed by atoms with Crippen LogP contribution in [0, 0.1) is 6.92 Å². The van der Waals surface area contributed by atoms with Crippen molar-refractivity contribution < 1.29 is 23.7 Å². The third-order valence-corrected chi connectivity index (χ3v) is 13.6. The molecule has 0 spiro atoms. The zero-order valence-corrected chi connectivity index (χ0v) is 45.9. The van der Waals surface area contributed by atoms with Crippen molar-refractivity contribution in [3.63, 3.8) is 0 Å². The predicted octanol–water partition coefficient (Wildman–Crippen LogP) is 19.4. The Kier molecular flexibility index (Phi) is 16.9. The van der Waals surface area contributed by atoms with Gasteiger partial charge in [0.05, 0.1) is 61.5 Å². The summed E-state index contributed by atoms with van der Waals surface area (Å²) in [5.41, 5.74) is 16.3. The summed E-state index contributed by atoms with van der Waals surface area (Å²) in [7, 11) is 0. The Balaban J connectivity index is 1.10. The highest BCUT2D eigenvalue weighted by Gasteiger charge is 2.23. The Bertz CT molecular complexity index is 3350. The number of anilines is 9. The fourth-order valence-electron chi connectivity index (χ4n) is 10.1. The van der Waals surface area contributed by atoms with Crippen LogP contribution in [0.25, 0.3) is 33.4 Å². The highest BCUT2D eigenvalue weighted by molar-refractivity contribution is 5.89. The van der Waals surface area contributed by atoms with Gasteiger partial charge in [0.15, 0.2) is 0 Å². The van der Waals surface area contributed by atoms with Crippen LogP contribution in [0.3, 0.4) is 0 Å². The van der Waals surface area contributed by atoms with Crippen LogP contribution < -0.4 is 38.4 Å². The maximum absolute atomic E-state index is 6.24. The van der Waals surface area contributed by atoms with Crippen LogP contribution in [0.4, 0.5) is 51.2 Å². The van der Waals surface area contributed by atoms with Gasteiger partial charge in [0.2, 0.25) is 0 Å². The van der Waals surface area contributed by atoms with Crippen molar-refractivity contribution in [1.29, 1.82) is 0 Å². The molecule has 0 radical (unpaired) electrons. The number of hydrogen-bond donors (Lipinski definition) is 0. The van der Waals surface area contributed by atoms with Crippen LogP contribution in [-0.2, 0) is 0 Å². The monoisotopic (exact) mass is 1040 g/mol. The normalized spacial score (nSPS) is 10.9. The van der Waals surface area contributed by atoms with E-state index in [-0.39, 0.29) is 0 Å². The first-order valence-corrected chi connectivity index (χ1v) is 27.4. The molecule has 0 heterocycles. The molecule has 0 atom stereocenters. The lowest BCUT2D eigenvalue weighted by molar-refractivity contribution is 0.338. The Morgan fingerprint density at radius 2 is 0.506 bits per heavy atom. The first-order valence-electron chi connectivity index (χ1n) is 27.4. The minimum Gasteiger partial charge on any atom is -0.492 e. The highest BCUT2D eigenvalue weighted by Crippen LogP contribution is 2.48. The van der Waals surface area contributed by atoms with Gasteiger partial charge in [0.1, 0.15) is 28.7 Å². The zero-order chi connectivity index (χ0) is 54.5. The summed E-state index contributed by atoms with van der Waals surface area (Å²) < 4.78 is 31.2. The number of ether oxygens (including phenoxy) is 5. The smallest absolute Gasteiger partial charge is 0.143 e. The molecular weight excluding hydrogens is 975 g/mol. The lowest BCUT2D eigenvalue weighted by Gasteiger charge is -2.29. The molecule has 0 bridgehead atoms. The van der Waals surface area contributed by atoms with Crippen LogP contribution in [0.15, 0.2) is 237 Å². The first kappa shape index (κ1) is 53.0. The van der Waals surface area contributed by atoms with Gasteiger partial charge in [-0.25, -0.2) is 0 Å². The number of hydrogen-bond acceptors (Lipinski definition) is 8. The van der Waals surface area contributed by atoms with Crippen LogP contribution in [0.2, 0.25) is 0 Å². The molecule has 8 nitrogen and oxygen atoms in total. The number of aryl methyl sites for hydroxylation is 1. The zero-order valence-electron chi connectivity index (χ0n) is 45.9. The van der Waals surface area contributed by atoms with E-state index in [9.17, 15) is 0 Å². The Morgan fingerprint density at radius 3 is 0.785 bits per heavy atom. The summed E-state index contributed by atoms with van der Waals surface area (Å²) in [6.07, 6.45) is 0. The van der Waals surface area contributed by atoms with Gasteiger partial charge in [-0.15, -0.1) is 0 Å². The third-order valence-electron chi connectivity index (χ3n) is 13.6. The van der Waals surface area contributed by atoms with Crippen molar-refractivity contribution in [3.8, 4) is 62.1 Å². The second kappa shape index (κ2) is 25.2. The van der Waals surface area contributed by atoms with Crippen molar-refractivity contribution >= 4 is 51.2 Å². The van der Waals surface area contributed by atoms with Crippen molar-refractivity contribution in [3.05, 3.63) is 242 Å². The van der Waals surface area contributed by atoms with Gasteiger partial charge < -0.3 is 38.4 Å². The molecule has 0 aliphatic rings. The molecule has 0 N–H and O–H groups in total. The van der Waals surface area contributed by atoms with Gasteiger partial charge in [0, 0.05) is 22.7 Å². The molecular formula is C71H67N3O5. The fourth-order valence-corrected chi connectivity index (χ4v) is 10.1. The van der Waals surface area contributed by atoms with E-state index in [1.165, 1.54) is 5.56 Å². The average Bonchev–Trinajstić information content (AvgIpc) is 3.59. The molecule has 0 amide bonds. The van der Waals surface area contributed by atoms with E-state index in [4.69, 9.17) is 23.7 Å². The second-order valence-electron chi connectivity index (χ2n) is 18.8. The molecule has 0 saturated heterocycles. The first-order chi connectivity index (χ1) is 38.9.